The molecule has 4 fully saturated rings. The zero-order valence-electron chi connectivity index (χ0n) is 36.4. The Hall–Kier alpha value is -4.22. The molecule has 3 amide bonds. The minimum Gasteiger partial charge on any atom is -0.488 e. The fourth-order valence-electron chi connectivity index (χ4n) is 8.67. The van der Waals surface area contributed by atoms with Gasteiger partial charge in [0.25, 0.3) is 5.91 Å². The minimum absolute atomic E-state index is 0.0229. The number of carbonyl (C=O) groups excluding carboxylic acids is 3. The van der Waals surface area contributed by atoms with Gasteiger partial charge >= 0.3 is 12.2 Å². The summed E-state index contributed by atoms with van der Waals surface area (Å²) in [6.45, 7) is 22.4. The smallest absolute Gasteiger partial charge is 0.410 e. The monoisotopic (exact) mass is 806 g/mol. The van der Waals surface area contributed by atoms with Gasteiger partial charge in [-0.1, -0.05) is 20.8 Å². The molecule has 2 aromatic rings. The van der Waals surface area contributed by atoms with Gasteiger partial charge in [0.2, 0.25) is 0 Å². The van der Waals surface area contributed by atoms with E-state index in [0.29, 0.717) is 83.1 Å². The zero-order valence-corrected chi connectivity index (χ0v) is 36.4. The topological polar surface area (TPSA) is 101 Å². The van der Waals surface area contributed by atoms with Crippen molar-refractivity contribution < 1.29 is 37.7 Å². The number of likely N-dealkylation sites (tertiary alicyclic amines) is 2. The highest BCUT2D eigenvalue weighted by molar-refractivity contribution is 5.94. The van der Waals surface area contributed by atoms with Crippen molar-refractivity contribution in [3.63, 3.8) is 0 Å². The van der Waals surface area contributed by atoms with Crippen LogP contribution in [0.1, 0.15) is 129 Å². The van der Waals surface area contributed by atoms with Gasteiger partial charge in [-0.05, 0) is 120 Å². The number of amides is 3. The van der Waals surface area contributed by atoms with Crippen LogP contribution in [0.2, 0.25) is 0 Å². The van der Waals surface area contributed by atoms with Crippen LogP contribution in [0.25, 0.3) is 0 Å². The fraction of sp³-hybridized carbons (Fsp3) is 0.674. The van der Waals surface area contributed by atoms with E-state index in [0.717, 1.165) is 42.7 Å². The van der Waals surface area contributed by atoms with Crippen LogP contribution in [0.5, 0.6) is 11.5 Å². The van der Waals surface area contributed by atoms with Crippen molar-refractivity contribution in [2.24, 2.45) is 11.3 Å². The van der Waals surface area contributed by atoms with Gasteiger partial charge in [-0.25, -0.2) is 14.0 Å². The van der Waals surface area contributed by atoms with Crippen molar-refractivity contribution in [1.82, 2.24) is 14.7 Å². The SMILES string of the molecule is CC(C)(C)OC(=O)N1CCN(c2ccc(F)c(OC3CCN(C(=O)c4ccc(O[C@H]5CCN(C(=O)OC(C)(C)C)C5)c([C@H]5CC[C@H](C(C)(C)C)CC5)c4)CC3)c2)CC1. The summed E-state index contributed by atoms with van der Waals surface area (Å²) in [6, 6.07) is 10.8. The Morgan fingerprint density at radius 1 is 0.603 bits per heavy atom. The number of piperidine rings is 1. The maximum atomic E-state index is 15.1. The molecule has 2 aromatic carbocycles. The molecule has 320 valence electrons. The van der Waals surface area contributed by atoms with Gasteiger partial charge in [-0.2, -0.15) is 0 Å². The quantitative estimate of drug-likeness (QED) is 0.273. The molecule has 1 saturated carbocycles. The van der Waals surface area contributed by atoms with E-state index in [1.165, 1.54) is 6.07 Å². The van der Waals surface area contributed by atoms with Crippen LogP contribution in [0.4, 0.5) is 19.7 Å². The van der Waals surface area contributed by atoms with Crippen LogP contribution in [0.15, 0.2) is 36.4 Å². The molecule has 0 bridgehead atoms. The number of benzene rings is 2. The molecule has 0 N–H and O–H groups in total. The Morgan fingerprint density at radius 2 is 1.17 bits per heavy atom. The van der Waals surface area contributed by atoms with Crippen LogP contribution < -0.4 is 14.4 Å². The predicted molar refractivity (Wildman–Crippen MR) is 223 cm³/mol. The summed E-state index contributed by atoms with van der Waals surface area (Å²) in [5.74, 6) is 1.49. The van der Waals surface area contributed by atoms with Gasteiger partial charge < -0.3 is 38.5 Å². The summed E-state index contributed by atoms with van der Waals surface area (Å²) < 4.78 is 39.1. The first-order chi connectivity index (χ1) is 27.2. The van der Waals surface area contributed by atoms with Crippen LogP contribution in [0.3, 0.4) is 0 Å². The van der Waals surface area contributed by atoms with E-state index in [1.54, 1.807) is 21.9 Å². The largest absolute Gasteiger partial charge is 0.488 e. The molecule has 0 spiro atoms. The van der Waals surface area contributed by atoms with E-state index in [2.05, 4.69) is 31.7 Å². The van der Waals surface area contributed by atoms with E-state index in [4.69, 9.17) is 18.9 Å². The number of rotatable bonds is 7. The summed E-state index contributed by atoms with van der Waals surface area (Å²) in [4.78, 5) is 46.8. The molecule has 0 unspecified atom stereocenters. The van der Waals surface area contributed by atoms with Crippen molar-refractivity contribution in [1.29, 1.82) is 0 Å². The van der Waals surface area contributed by atoms with E-state index in [1.807, 2.05) is 58.6 Å². The molecular formula is C46H67FN4O7. The van der Waals surface area contributed by atoms with Crippen molar-refractivity contribution in [2.45, 2.75) is 137 Å². The Morgan fingerprint density at radius 3 is 1.78 bits per heavy atom. The molecule has 58 heavy (non-hydrogen) atoms. The van der Waals surface area contributed by atoms with E-state index >= 15 is 4.39 Å². The number of ether oxygens (including phenoxy) is 4. The predicted octanol–water partition coefficient (Wildman–Crippen LogP) is 9.27. The van der Waals surface area contributed by atoms with Gasteiger partial charge in [0.05, 0.1) is 6.54 Å². The maximum absolute atomic E-state index is 15.1. The Bertz CT molecular complexity index is 1760. The third-order valence-electron chi connectivity index (χ3n) is 12.0. The molecule has 3 aliphatic heterocycles. The normalized spacial score (nSPS) is 22.5. The first kappa shape index (κ1) is 43.4. The van der Waals surface area contributed by atoms with Crippen LogP contribution in [-0.2, 0) is 9.47 Å². The highest BCUT2D eigenvalue weighted by Gasteiger charge is 2.35. The number of hydrogen-bond acceptors (Lipinski definition) is 8. The van der Waals surface area contributed by atoms with E-state index < -0.39 is 17.0 Å². The molecule has 4 aliphatic rings. The second kappa shape index (κ2) is 17.6. The third-order valence-corrected chi connectivity index (χ3v) is 12.0. The Kier molecular flexibility index (Phi) is 13.1. The van der Waals surface area contributed by atoms with Gasteiger partial charge in [-0.15, -0.1) is 0 Å². The summed E-state index contributed by atoms with van der Waals surface area (Å²) in [5, 5.41) is 0. The number of carbonyl (C=O) groups is 3. The highest BCUT2D eigenvalue weighted by atomic mass is 19.1. The van der Waals surface area contributed by atoms with Gasteiger partial charge in [0.15, 0.2) is 11.6 Å². The van der Waals surface area contributed by atoms with E-state index in [-0.39, 0.29) is 47.4 Å². The standard InChI is InChI=1S/C46H67FN4O7/c1-44(2,3)33-13-10-31(11-14-33)37-28-32(12-17-39(37)56-36-20-23-51(30-36)43(54)58-46(7,8)9)41(52)49-21-18-35(19-22-49)55-40-29-34(15-16-38(40)47)48-24-26-50(27-25-48)42(53)57-45(4,5)6/h12,15-17,28-29,31,33,35-36H,10-11,13-14,18-27,30H2,1-9H3/t31-,33-,36-/m0/s1. The van der Waals surface area contributed by atoms with Crippen molar-refractivity contribution in [3.8, 4) is 11.5 Å². The number of halogens is 1. The van der Waals surface area contributed by atoms with Crippen molar-refractivity contribution >= 4 is 23.8 Å². The van der Waals surface area contributed by atoms with Gasteiger partial charge in [0, 0.05) is 82.4 Å². The first-order valence-electron chi connectivity index (χ1n) is 21.5. The average molecular weight is 807 g/mol. The molecule has 12 heteroatoms. The Balaban J connectivity index is 1.07. The van der Waals surface area contributed by atoms with Crippen LogP contribution >= 0.6 is 0 Å². The molecule has 3 saturated heterocycles. The van der Waals surface area contributed by atoms with Gasteiger partial charge in [-0.3, -0.25) is 4.79 Å². The van der Waals surface area contributed by atoms with E-state index in [9.17, 15) is 14.4 Å². The third kappa shape index (κ3) is 11.3. The lowest BCUT2D eigenvalue weighted by Gasteiger charge is -2.37. The summed E-state index contributed by atoms with van der Waals surface area (Å²) in [7, 11) is 0. The summed E-state index contributed by atoms with van der Waals surface area (Å²) >= 11 is 0. The molecule has 1 aliphatic carbocycles. The second-order valence-corrected chi connectivity index (χ2v) is 19.8. The average Bonchev–Trinajstić information content (AvgIpc) is 3.63. The molecule has 11 nitrogen and oxygen atoms in total. The van der Waals surface area contributed by atoms with Gasteiger partial charge in [0.1, 0.15) is 29.2 Å². The second-order valence-electron chi connectivity index (χ2n) is 19.8. The number of nitrogens with zero attached hydrogens (tertiary/aromatic N) is 4. The van der Waals surface area contributed by atoms with Crippen molar-refractivity contribution in [2.75, 3.05) is 57.3 Å². The molecule has 1 atom stereocenters. The Labute approximate surface area is 345 Å². The lowest BCUT2D eigenvalue weighted by Crippen LogP contribution is -2.50. The summed E-state index contributed by atoms with van der Waals surface area (Å²) in [6.07, 6.45) is 5.20. The molecule has 3 heterocycles. The summed E-state index contributed by atoms with van der Waals surface area (Å²) in [5.41, 5.74) is 1.70. The highest BCUT2D eigenvalue weighted by Crippen LogP contribution is 2.46. The molecular weight excluding hydrogens is 740 g/mol. The molecule has 6 rings (SSSR count). The minimum atomic E-state index is -0.562. The fourth-order valence-corrected chi connectivity index (χ4v) is 8.67. The maximum Gasteiger partial charge on any atom is 0.410 e. The first-order valence-corrected chi connectivity index (χ1v) is 21.5. The number of piperazine rings is 1. The van der Waals surface area contributed by atoms with Crippen LogP contribution in [0, 0.1) is 17.2 Å². The van der Waals surface area contributed by atoms with Crippen molar-refractivity contribution in [3.05, 3.63) is 53.3 Å². The molecule has 0 radical (unpaired) electrons. The molecule has 0 aromatic heterocycles. The number of anilines is 1. The lowest BCUT2D eigenvalue weighted by molar-refractivity contribution is 0.0237. The lowest BCUT2D eigenvalue weighted by atomic mass is 9.68. The number of hydrogen-bond donors (Lipinski definition) is 0. The zero-order chi connectivity index (χ0) is 42.0. The van der Waals surface area contributed by atoms with Crippen LogP contribution in [-0.4, -0.2) is 109 Å².